The highest BCUT2D eigenvalue weighted by Crippen LogP contribution is 2.36. The zero-order valence-corrected chi connectivity index (χ0v) is 16.5. The summed E-state index contributed by atoms with van der Waals surface area (Å²) in [6.45, 7) is 0.0754. The maximum atomic E-state index is 13.3. The molecule has 0 unspecified atom stereocenters. The van der Waals surface area contributed by atoms with Gasteiger partial charge in [-0.25, -0.2) is 8.42 Å². The lowest BCUT2D eigenvalue weighted by Gasteiger charge is -2.30. The molecule has 1 aliphatic heterocycles. The van der Waals surface area contributed by atoms with E-state index in [0.29, 0.717) is 24.0 Å². The van der Waals surface area contributed by atoms with Crippen LogP contribution in [0.5, 0.6) is 5.75 Å². The molecule has 0 saturated carbocycles. The second-order valence-electron chi connectivity index (χ2n) is 5.97. The van der Waals surface area contributed by atoms with Crippen LogP contribution in [0.25, 0.3) is 0 Å². The summed E-state index contributed by atoms with van der Waals surface area (Å²) >= 11 is 1.44. The van der Waals surface area contributed by atoms with Crippen molar-refractivity contribution in [2.75, 3.05) is 20.8 Å². The lowest BCUT2D eigenvalue weighted by atomic mass is 9.94. The van der Waals surface area contributed by atoms with Crippen molar-refractivity contribution in [3.05, 3.63) is 46.2 Å². The van der Waals surface area contributed by atoms with Crippen LogP contribution in [0.1, 0.15) is 16.4 Å². The van der Waals surface area contributed by atoms with Gasteiger partial charge in [-0.2, -0.15) is 4.31 Å². The SMILES string of the molecule is COC(=O)[C@@H]1[C@@H](C=O)c2ccsc2CCN1S(=O)(=O)c1ccc(OC)cc1. The third-order valence-corrected chi connectivity index (χ3v) is 7.50. The number of thiophene rings is 1. The zero-order valence-electron chi connectivity index (χ0n) is 14.8. The van der Waals surface area contributed by atoms with Crippen LogP contribution in [0.2, 0.25) is 0 Å². The lowest BCUT2D eigenvalue weighted by Crippen LogP contribution is -2.49. The minimum atomic E-state index is -4.03. The van der Waals surface area contributed by atoms with E-state index < -0.39 is 28.0 Å². The van der Waals surface area contributed by atoms with E-state index in [2.05, 4.69) is 0 Å². The fourth-order valence-corrected chi connectivity index (χ4v) is 5.76. The summed E-state index contributed by atoms with van der Waals surface area (Å²) in [5.41, 5.74) is 0.679. The second kappa shape index (κ2) is 7.79. The van der Waals surface area contributed by atoms with Gasteiger partial charge in [0.1, 0.15) is 18.1 Å². The Morgan fingerprint density at radius 2 is 1.93 bits per heavy atom. The van der Waals surface area contributed by atoms with Gasteiger partial charge >= 0.3 is 5.97 Å². The van der Waals surface area contributed by atoms with Gasteiger partial charge < -0.3 is 14.3 Å². The Kier molecular flexibility index (Phi) is 5.64. The Bertz CT molecular complexity index is 935. The van der Waals surface area contributed by atoms with Gasteiger partial charge in [0.05, 0.1) is 25.0 Å². The minimum Gasteiger partial charge on any atom is -0.497 e. The normalized spacial score (nSPS) is 20.4. The average Bonchev–Trinajstić information content (AvgIpc) is 3.08. The Hall–Kier alpha value is -2.23. The zero-order chi connectivity index (χ0) is 19.6. The minimum absolute atomic E-state index is 0.0205. The van der Waals surface area contributed by atoms with E-state index in [1.54, 1.807) is 6.07 Å². The van der Waals surface area contributed by atoms with Crippen LogP contribution in [-0.2, 0) is 30.8 Å². The molecule has 144 valence electrons. The maximum absolute atomic E-state index is 13.3. The van der Waals surface area contributed by atoms with Crippen molar-refractivity contribution >= 4 is 33.6 Å². The van der Waals surface area contributed by atoms with Gasteiger partial charge in [-0.3, -0.25) is 4.79 Å². The largest absolute Gasteiger partial charge is 0.497 e. The third kappa shape index (κ3) is 3.50. The number of rotatable bonds is 5. The molecule has 0 spiro atoms. The third-order valence-electron chi connectivity index (χ3n) is 4.60. The van der Waals surface area contributed by atoms with Crippen molar-refractivity contribution in [2.24, 2.45) is 0 Å². The number of hydrogen-bond acceptors (Lipinski definition) is 7. The molecule has 0 radical (unpaired) electrons. The van der Waals surface area contributed by atoms with Gasteiger partial charge in [0.15, 0.2) is 0 Å². The predicted molar refractivity (Wildman–Crippen MR) is 99.5 cm³/mol. The van der Waals surface area contributed by atoms with Crippen LogP contribution < -0.4 is 4.74 Å². The van der Waals surface area contributed by atoms with Gasteiger partial charge in [0, 0.05) is 11.4 Å². The monoisotopic (exact) mass is 409 g/mol. The molecule has 3 rings (SSSR count). The summed E-state index contributed by atoms with van der Waals surface area (Å²) in [6.07, 6.45) is 1.04. The second-order valence-corrected chi connectivity index (χ2v) is 8.86. The number of nitrogens with zero attached hydrogens (tertiary/aromatic N) is 1. The Morgan fingerprint density at radius 1 is 1.22 bits per heavy atom. The smallest absolute Gasteiger partial charge is 0.325 e. The molecule has 1 aromatic heterocycles. The van der Waals surface area contributed by atoms with E-state index >= 15 is 0 Å². The highest BCUT2D eigenvalue weighted by atomic mass is 32.2. The number of sulfonamides is 1. The van der Waals surface area contributed by atoms with Gasteiger partial charge in [-0.1, -0.05) is 0 Å². The molecule has 2 atom stereocenters. The highest BCUT2D eigenvalue weighted by Gasteiger charge is 2.44. The van der Waals surface area contributed by atoms with Crippen molar-refractivity contribution in [3.63, 3.8) is 0 Å². The van der Waals surface area contributed by atoms with Gasteiger partial charge in [0.2, 0.25) is 10.0 Å². The van der Waals surface area contributed by atoms with E-state index in [9.17, 15) is 18.0 Å². The van der Waals surface area contributed by atoms with E-state index in [-0.39, 0.29) is 11.4 Å². The molecule has 2 aromatic rings. The van der Waals surface area contributed by atoms with Crippen molar-refractivity contribution in [1.82, 2.24) is 4.31 Å². The molecule has 7 nitrogen and oxygen atoms in total. The summed E-state index contributed by atoms with van der Waals surface area (Å²) in [6, 6.07) is 6.41. The fourth-order valence-electron chi connectivity index (χ4n) is 3.24. The molecule has 0 bridgehead atoms. The molecule has 9 heteroatoms. The number of carbonyl (C=O) groups excluding carboxylic acids is 2. The highest BCUT2D eigenvalue weighted by molar-refractivity contribution is 7.89. The summed E-state index contributed by atoms with van der Waals surface area (Å²) < 4.78 is 37.5. The first kappa shape index (κ1) is 19.5. The molecular formula is C18H19NO6S2. The molecular weight excluding hydrogens is 390 g/mol. The summed E-state index contributed by atoms with van der Waals surface area (Å²) in [5, 5.41) is 1.84. The van der Waals surface area contributed by atoms with E-state index in [1.165, 1.54) is 49.8 Å². The molecule has 0 saturated heterocycles. The number of fused-ring (bicyclic) bond motifs is 1. The molecule has 0 aliphatic carbocycles. The van der Waals surface area contributed by atoms with Gasteiger partial charge in [0.25, 0.3) is 0 Å². The number of esters is 1. The first-order valence-corrected chi connectivity index (χ1v) is 10.5. The van der Waals surface area contributed by atoms with Crippen LogP contribution in [0.3, 0.4) is 0 Å². The fraction of sp³-hybridized carbons (Fsp3) is 0.333. The molecule has 0 amide bonds. The van der Waals surface area contributed by atoms with Gasteiger partial charge in [-0.05, 0) is 47.7 Å². The molecule has 0 N–H and O–H groups in total. The van der Waals surface area contributed by atoms with Crippen molar-refractivity contribution < 1.29 is 27.5 Å². The first-order chi connectivity index (χ1) is 12.9. The molecule has 1 aliphatic rings. The van der Waals surface area contributed by atoms with Crippen molar-refractivity contribution in [2.45, 2.75) is 23.3 Å². The quantitative estimate of drug-likeness (QED) is 0.553. The molecule has 2 heterocycles. The lowest BCUT2D eigenvalue weighted by molar-refractivity contribution is -0.146. The summed E-state index contributed by atoms with van der Waals surface area (Å²) in [5.74, 6) is -1.17. The summed E-state index contributed by atoms with van der Waals surface area (Å²) in [7, 11) is -1.36. The number of hydrogen-bond donors (Lipinski definition) is 0. The van der Waals surface area contributed by atoms with Crippen LogP contribution in [0.15, 0.2) is 40.6 Å². The van der Waals surface area contributed by atoms with Crippen LogP contribution >= 0.6 is 11.3 Å². The standard InChI is InChI=1S/C18H19NO6S2/c1-24-12-3-5-13(6-4-12)27(22,23)19-9-7-16-14(8-10-26-16)15(11-20)17(19)18(21)25-2/h3-6,8,10-11,15,17H,7,9H2,1-2H3/t15-,17-/m0/s1. The average molecular weight is 409 g/mol. The number of aldehydes is 1. The summed E-state index contributed by atoms with van der Waals surface area (Å²) in [4.78, 5) is 25.3. The topological polar surface area (TPSA) is 90.0 Å². The predicted octanol–water partition coefficient (Wildman–Crippen LogP) is 1.83. The van der Waals surface area contributed by atoms with E-state index in [1.807, 2.05) is 5.38 Å². The van der Waals surface area contributed by atoms with Crippen molar-refractivity contribution in [3.8, 4) is 5.75 Å². The number of carbonyl (C=O) groups is 2. The maximum Gasteiger partial charge on any atom is 0.325 e. The Morgan fingerprint density at radius 3 is 2.52 bits per heavy atom. The Balaban J connectivity index is 2.09. The van der Waals surface area contributed by atoms with Crippen molar-refractivity contribution in [1.29, 1.82) is 0 Å². The first-order valence-electron chi connectivity index (χ1n) is 8.19. The Labute approximate surface area is 161 Å². The molecule has 0 fully saturated rings. The van der Waals surface area contributed by atoms with E-state index in [0.717, 1.165) is 9.18 Å². The van der Waals surface area contributed by atoms with E-state index in [4.69, 9.17) is 9.47 Å². The molecule has 1 aromatic carbocycles. The van der Waals surface area contributed by atoms with Crippen LogP contribution in [0, 0.1) is 0 Å². The van der Waals surface area contributed by atoms with Crippen LogP contribution in [0.4, 0.5) is 0 Å². The van der Waals surface area contributed by atoms with Gasteiger partial charge in [-0.15, -0.1) is 11.3 Å². The van der Waals surface area contributed by atoms with Crippen LogP contribution in [-0.4, -0.2) is 51.8 Å². The number of benzene rings is 1. The number of ether oxygens (including phenoxy) is 2. The molecule has 27 heavy (non-hydrogen) atoms. The number of methoxy groups -OCH3 is 2.